The molecule has 18 heavy (non-hydrogen) atoms. The van der Waals surface area contributed by atoms with Gasteiger partial charge in [-0.2, -0.15) is 0 Å². The molecule has 1 aromatic rings. The smallest absolute Gasteiger partial charge is 0.335 e. The topological polar surface area (TPSA) is 81.2 Å². The number of aromatic nitrogens is 2. The van der Waals surface area contributed by atoms with E-state index in [-0.39, 0.29) is 18.7 Å². The van der Waals surface area contributed by atoms with E-state index >= 15 is 0 Å². The number of aromatic amines is 1. The van der Waals surface area contributed by atoms with Crippen LogP contribution in [0.15, 0.2) is 27.9 Å². The standard InChI is InChI=1S/C12H16N2O4/c1-4-9-7-14(12(17)13-10(9)15)6-8(3)11(16)18-5-2/h7H,3-6H2,1-2H3,(H,13,15,17). The molecule has 0 saturated carbocycles. The Kier molecular flexibility index (Phi) is 4.65. The zero-order valence-corrected chi connectivity index (χ0v) is 10.5. The highest BCUT2D eigenvalue weighted by Crippen LogP contribution is 1.99. The molecule has 0 unspecified atom stereocenters. The third-order valence-corrected chi connectivity index (χ3v) is 2.39. The Labute approximate surface area is 104 Å². The third kappa shape index (κ3) is 3.19. The van der Waals surface area contributed by atoms with Gasteiger partial charge < -0.3 is 4.74 Å². The Morgan fingerprint density at radius 3 is 2.67 bits per heavy atom. The van der Waals surface area contributed by atoms with Crippen molar-refractivity contribution in [1.29, 1.82) is 0 Å². The lowest BCUT2D eigenvalue weighted by Crippen LogP contribution is -2.32. The minimum absolute atomic E-state index is 0.00144. The van der Waals surface area contributed by atoms with E-state index in [1.54, 1.807) is 13.8 Å². The minimum atomic E-state index is -0.567. The van der Waals surface area contributed by atoms with Crippen molar-refractivity contribution in [1.82, 2.24) is 9.55 Å². The van der Waals surface area contributed by atoms with Crippen molar-refractivity contribution < 1.29 is 9.53 Å². The maximum atomic E-state index is 11.5. The van der Waals surface area contributed by atoms with Crippen LogP contribution in [-0.2, 0) is 22.5 Å². The van der Waals surface area contributed by atoms with E-state index in [0.29, 0.717) is 12.0 Å². The Bertz CT molecular complexity index is 568. The molecule has 0 fully saturated rings. The number of nitrogens with zero attached hydrogens (tertiary/aromatic N) is 1. The number of hydrogen-bond acceptors (Lipinski definition) is 4. The van der Waals surface area contributed by atoms with Crippen molar-refractivity contribution >= 4 is 5.97 Å². The maximum absolute atomic E-state index is 11.5. The van der Waals surface area contributed by atoms with Gasteiger partial charge in [-0.3, -0.25) is 14.3 Å². The fourth-order valence-corrected chi connectivity index (χ4v) is 1.43. The molecular weight excluding hydrogens is 236 g/mol. The summed E-state index contributed by atoms with van der Waals surface area (Å²) in [6, 6.07) is 0. The fraction of sp³-hybridized carbons (Fsp3) is 0.417. The van der Waals surface area contributed by atoms with Gasteiger partial charge in [-0.05, 0) is 13.3 Å². The van der Waals surface area contributed by atoms with Crippen molar-refractivity contribution in [2.45, 2.75) is 26.8 Å². The van der Waals surface area contributed by atoms with Gasteiger partial charge in [0.2, 0.25) is 0 Å². The van der Waals surface area contributed by atoms with Gasteiger partial charge in [-0.1, -0.05) is 13.5 Å². The van der Waals surface area contributed by atoms with Gasteiger partial charge in [0, 0.05) is 17.3 Å². The van der Waals surface area contributed by atoms with Crippen LogP contribution in [0.1, 0.15) is 19.4 Å². The Hall–Kier alpha value is -2.11. The molecule has 0 radical (unpaired) electrons. The lowest BCUT2D eigenvalue weighted by Gasteiger charge is -2.08. The molecule has 1 rings (SSSR count). The van der Waals surface area contributed by atoms with Gasteiger partial charge in [-0.25, -0.2) is 9.59 Å². The monoisotopic (exact) mass is 252 g/mol. The molecule has 0 aromatic carbocycles. The van der Waals surface area contributed by atoms with Crippen LogP contribution in [-0.4, -0.2) is 22.1 Å². The van der Waals surface area contributed by atoms with E-state index in [0.717, 1.165) is 0 Å². The number of rotatable bonds is 5. The average Bonchev–Trinajstić information content (AvgIpc) is 2.32. The number of esters is 1. The average molecular weight is 252 g/mol. The summed E-state index contributed by atoms with van der Waals surface area (Å²) in [4.78, 5) is 36.5. The zero-order valence-electron chi connectivity index (χ0n) is 10.5. The lowest BCUT2D eigenvalue weighted by molar-refractivity contribution is -0.138. The number of nitrogens with one attached hydrogen (secondary N) is 1. The number of H-pyrrole nitrogens is 1. The molecular formula is C12H16N2O4. The third-order valence-electron chi connectivity index (χ3n) is 2.39. The van der Waals surface area contributed by atoms with Crippen LogP contribution in [0.4, 0.5) is 0 Å². The summed E-state index contributed by atoms with van der Waals surface area (Å²) in [5.41, 5.74) is -0.331. The van der Waals surface area contributed by atoms with E-state index in [1.807, 2.05) is 0 Å². The van der Waals surface area contributed by atoms with Crippen LogP contribution in [0.2, 0.25) is 0 Å². The Morgan fingerprint density at radius 2 is 2.11 bits per heavy atom. The van der Waals surface area contributed by atoms with Crippen molar-refractivity contribution in [2.75, 3.05) is 6.61 Å². The molecule has 0 aliphatic heterocycles. The van der Waals surface area contributed by atoms with Crippen molar-refractivity contribution in [3.63, 3.8) is 0 Å². The quantitative estimate of drug-likeness (QED) is 0.600. The van der Waals surface area contributed by atoms with E-state index in [2.05, 4.69) is 11.6 Å². The van der Waals surface area contributed by atoms with E-state index < -0.39 is 17.2 Å². The van der Waals surface area contributed by atoms with Crippen LogP contribution in [0.3, 0.4) is 0 Å². The number of carbonyl (C=O) groups is 1. The summed E-state index contributed by atoms with van der Waals surface area (Å²) >= 11 is 0. The second-order valence-corrected chi connectivity index (χ2v) is 3.72. The first-order valence-corrected chi connectivity index (χ1v) is 5.67. The molecule has 0 aliphatic carbocycles. The number of carbonyl (C=O) groups excluding carboxylic acids is 1. The second kappa shape index (κ2) is 6.00. The summed E-state index contributed by atoms with van der Waals surface area (Å²) in [5, 5.41) is 0. The first-order chi connectivity index (χ1) is 8.49. The highest BCUT2D eigenvalue weighted by molar-refractivity contribution is 5.87. The van der Waals surface area contributed by atoms with Gasteiger partial charge >= 0.3 is 11.7 Å². The second-order valence-electron chi connectivity index (χ2n) is 3.72. The molecule has 6 nitrogen and oxygen atoms in total. The van der Waals surface area contributed by atoms with E-state index in [9.17, 15) is 14.4 Å². The lowest BCUT2D eigenvalue weighted by atomic mass is 10.2. The predicted molar refractivity (Wildman–Crippen MR) is 66.5 cm³/mol. The summed E-state index contributed by atoms with van der Waals surface area (Å²) in [6.45, 7) is 7.30. The summed E-state index contributed by atoms with van der Waals surface area (Å²) < 4.78 is 6.01. The summed E-state index contributed by atoms with van der Waals surface area (Å²) in [5.74, 6) is -0.548. The Balaban J connectivity index is 2.98. The minimum Gasteiger partial charge on any atom is -0.463 e. The van der Waals surface area contributed by atoms with Gasteiger partial charge in [-0.15, -0.1) is 0 Å². The molecule has 98 valence electrons. The molecule has 0 amide bonds. The van der Waals surface area contributed by atoms with Crippen LogP contribution in [0, 0.1) is 0 Å². The first-order valence-electron chi connectivity index (χ1n) is 5.67. The number of ether oxygens (including phenoxy) is 1. The van der Waals surface area contributed by atoms with Crippen molar-refractivity contribution in [3.8, 4) is 0 Å². The number of aryl methyl sites for hydroxylation is 1. The largest absolute Gasteiger partial charge is 0.463 e. The molecule has 6 heteroatoms. The van der Waals surface area contributed by atoms with Crippen molar-refractivity contribution in [3.05, 3.63) is 44.8 Å². The number of hydrogen-bond donors (Lipinski definition) is 1. The molecule has 0 atom stereocenters. The Morgan fingerprint density at radius 1 is 1.44 bits per heavy atom. The maximum Gasteiger partial charge on any atom is 0.335 e. The van der Waals surface area contributed by atoms with Crippen LogP contribution >= 0.6 is 0 Å². The first kappa shape index (κ1) is 14.0. The molecule has 0 bridgehead atoms. The van der Waals surface area contributed by atoms with Gasteiger partial charge in [0.05, 0.1) is 13.2 Å². The highest BCUT2D eigenvalue weighted by atomic mass is 16.5. The molecule has 1 N–H and O–H groups in total. The molecule has 1 aromatic heterocycles. The van der Waals surface area contributed by atoms with Gasteiger partial charge in [0.15, 0.2) is 0 Å². The molecule has 0 spiro atoms. The zero-order chi connectivity index (χ0) is 13.7. The predicted octanol–water partition coefficient (Wildman–Crippen LogP) is 0.218. The normalized spacial score (nSPS) is 10.1. The van der Waals surface area contributed by atoms with Crippen LogP contribution < -0.4 is 11.2 Å². The van der Waals surface area contributed by atoms with Gasteiger partial charge in [0.1, 0.15) is 0 Å². The summed E-state index contributed by atoms with van der Waals surface area (Å²) in [6.07, 6.45) is 1.94. The SMILES string of the molecule is C=C(Cn1cc(CC)c(=O)[nH]c1=O)C(=O)OCC. The highest BCUT2D eigenvalue weighted by Gasteiger charge is 2.10. The van der Waals surface area contributed by atoms with Gasteiger partial charge in [0.25, 0.3) is 5.56 Å². The molecule has 0 saturated heterocycles. The van der Waals surface area contributed by atoms with E-state index in [1.165, 1.54) is 10.8 Å². The van der Waals surface area contributed by atoms with Crippen molar-refractivity contribution in [2.24, 2.45) is 0 Å². The summed E-state index contributed by atoms with van der Waals surface area (Å²) in [7, 11) is 0. The van der Waals surface area contributed by atoms with E-state index in [4.69, 9.17) is 4.74 Å². The molecule has 1 heterocycles. The van der Waals surface area contributed by atoms with Crippen LogP contribution in [0.5, 0.6) is 0 Å². The molecule has 0 aliphatic rings. The van der Waals surface area contributed by atoms with Crippen LogP contribution in [0.25, 0.3) is 0 Å². The fourth-order valence-electron chi connectivity index (χ4n) is 1.43.